The zero-order valence-corrected chi connectivity index (χ0v) is 11.8. The molecule has 2 aromatic carbocycles. The maximum atomic E-state index is 11.8. The lowest BCUT2D eigenvalue weighted by Gasteiger charge is -2.06. The standard InChI is InChI=1S/C16H18N4O/c17-20-19-10-4-3-9-18-16(21)12-13-7-8-14-5-1-2-6-15(14)11-13/h1-2,5-8,11H,3-4,9-10,12H2,(H,18,21). The van der Waals surface area contributed by atoms with Crippen LogP contribution in [0.1, 0.15) is 18.4 Å². The van der Waals surface area contributed by atoms with E-state index in [9.17, 15) is 4.79 Å². The summed E-state index contributed by atoms with van der Waals surface area (Å²) in [4.78, 5) is 14.5. The molecule has 5 heteroatoms. The van der Waals surface area contributed by atoms with E-state index >= 15 is 0 Å². The van der Waals surface area contributed by atoms with Gasteiger partial charge in [-0.25, -0.2) is 0 Å². The topological polar surface area (TPSA) is 77.9 Å². The number of amides is 1. The van der Waals surface area contributed by atoms with Crippen molar-refractivity contribution in [1.82, 2.24) is 5.32 Å². The molecule has 0 aromatic heterocycles. The minimum absolute atomic E-state index is 0.0223. The summed E-state index contributed by atoms with van der Waals surface area (Å²) < 4.78 is 0. The number of azide groups is 1. The molecule has 0 aliphatic rings. The van der Waals surface area contributed by atoms with E-state index in [-0.39, 0.29) is 5.91 Å². The minimum atomic E-state index is 0.0223. The molecule has 0 unspecified atom stereocenters. The third-order valence-electron chi connectivity index (χ3n) is 3.25. The van der Waals surface area contributed by atoms with Gasteiger partial charge in [0.1, 0.15) is 0 Å². The number of carbonyl (C=O) groups is 1. The van der Waals surface area contributed by atoms with E-state index in [1.54, 1.807) is 0 Å². The average molecular weight is 282 g/mol. The molecule has 21 heavy (non-hydrogen) atoms. The van der Waals surface area contributed by atoms with E-state index in [1.165, 1.54) is 5.39 Å². The molecule has 0 saturated heterocycles. The highest BCUT2D eigenvalue weighted by atomic mass is 16.1. The van der Waals surface area contributed by atoms with Gasteiger partial charge in [0.2, 0.25) is 5.91 Å². The Bertz CT molecular complexity index is 662. The van der Waals surface area contributed by atoms with Crippen LogP contribution in [0.15, 0.2) is 47.6 Å². The third kappa shape index (κ3) is 4.82. The fourth-order valence-corrected chi connectivity index (χ4v) is 2.18. The summed E-state index contributed by atoms with van der Waals surface area (Å²) in [7, 11) is 0. The van der Waals surface area contributed by atoms with Gasteiger partial charge < -0.3 is 5.32 Å². The Hall–Kier alpha value is -2.52. The number of rotatable bonds is 7. The number of fused-ring (bicyclic) bond motifs is 1. The molecule has 0 atom stereocenters. The first-order valence-electron chi connectivity index (χ1n) is 7.05. The molecule has 0 radical (unpaired) electrons. The fourth-order valence-electron chi connectivity index (χ4n) is 2.18. The van der Waals surface area contributed by atoms with Crippen molar-refractivity contribution < 1.29 is 4.79 Å². The van der Waals surface area contributed by atoms with E-state index in [0.29, 0.717) is 19.5 Å². The summed E-state index contributed by atoms with van der Waals surface area (Å²) in [5.41, 5.74) is 9.15. The number of carbonyl (C=O) groups excluding carboxylic acids is 1. The first-order chi connectivity index (χ1) is 10.3. The van der Waals surface area contributed by atoms with Gasteiger partial charge in [0.05, 0.1) is 6.42 Å². The van der Waals surface area contributed by atoms with E-state index in [4.69, 9.17) is 5.53 Å². The van der Waals surface area contributed by atoms with Crippen LogP contribution in [0.2, 0.25) is 0 Å². The van der Waals surface area contributed by atoms with Crippen LogP contribution >= 0.6 is 0 Å². The highest BCUT2D eigenvalue weighted by molar-refractivity contribution is 5.85. The van der Waals surface area contributed by atoms with Crippen molar-refractivity contribution in [2.45, 2.75) is 19.3 Å². The third-order valence-corrected chi connectivity index (χ3v) is 3.25. The largest absolute Gasteiger partial charge is 0.356 e. The van der Waals surface area contributed by atoms with E-state index in [1.807, 2.05) is 30.3 Å². The van der Waals surface area contributed by atoms with Crippen LogP contribution in [0.25, 0.3) is 21.2 Å². The highest BCUT2D eigenvalue weighted by Crippen LogP contribution is 2.15. The Morgan fingerprint density at radius 2 is 1.95 bits per heavy atom. The number of benzene rings is 2. The number of nitrogens with zero attached hydrogens (tertiary/aromatic N) is 3. The van der Waals surface area contributed by atoms with Crippen molar-refractivity contribution in [3.8, 4) is 0 Å². The summed E-state index contributed by atoms with van der Waals surface area (Å²) in [5, 5.41) is 8.67. The van der Waals surface area contributed by atoms with E-state index in [2.05, 4.69) is 27.5 Å². The summed E-state index contributed by atoms with van der Waals surface area (Å²) in [5.74, 6) is 0.0223. The van der Waals surface area contributed by atoms with Crippen LogP contribution in [0.5, 0.6) is 0 Å². The van der Waals surface area contributed by atoms with Crippen LogP contribution in [0.3, 0.4) is 0 Å². The monoisotopic (exact) mass is 282 g/mol. The molecule has 2 rings (SSSR count). The lowest BCUT2D eigenvalue weighted by Crippen LogP contribution is -2.26. The van der Waals surface area contributed by atoms with Gasteiger partial charge in [-0.15, -0.1) is 0 Å². The van der Waals surface area contributed by atoms with Gasteiger partial charge in [-0.2, -0.15) is 0 Å². The Kier molecular flexibility index (Phi) is 5.61. The molecule has 108 valence electrons. The second kappa shape index (κ2) is 7.92. The summed E-state index contributed by atoms with van der Waals surface area (Å²) in [6.07, 6.45) is 2.00. The number of nitrogens with one attached hydrogen (secondary N) is 1. The molecule has 0 fully saturated rings. The molecule has 5 nitrogen and oxygen atoms in total. The lowest BCUT2D eigenvalue weighted by molar-refractivity contribution is -0.120. The zero-order valence-electron chi connectivity index (χ0n) is 11.8. The van der Waals surface area contributed by atoms with Gasteiger partial charge in [0.25, 0.3) is 0 Å². The van der Waals surface area contributed by atoms with Gasteiger partial charge >= 0.3 is 0 Å². The van der Waals surface area contributed by atoms with Crippen LogP contribution in [0, 0.1) is 0 Å². The van der Waals surface area contributed by atoms with Gasteiger partial charge in [0.15, 0.2) is 0 Å². The molecular formula is C16H18N4O. The first kappa shape index (κ1) is 14.9. The molecule has 2 aromatic rings. The smallest absolute Gasteiger partial charge is 0.224 e. The number of unbranched alkanes of at least 4 members (excludes halogenated alkanes) is 1. The van der Waals surface area contributed by atoms with Crippen LogP contribution in [0.4, 0.5) is 0 Å². The molecule has 0 spiro atoms. The molecule has 0 bridgehead atoms. The second-order valence-electron chi connectivity index (χ2n) is 4.87. The highest BCUT2D eigenvalue weighted by Gasteiger charge is 2.03. The molecular weight excluding hydrogens is 264 g/mol. The van der Waals surface area contributed by atoms with Gasteiger partial charge in [0, 0.05) is 18.0 Å². The summed E-state index contributed by atoms with van der Waals surface area (Å²) >= 11 is 0. The predicted molar refractivity (Wildman–Crippen MR) is 83.9 cm³/mol. The SMILES string of the molecule is [N-]=[N+]=NCCCCNC(=O)Cc1ccc2ccccc2c1. The van der Waals surface area contributed by atoms with E-state index in [0.717, 1.165) is 23.8 Å². The van der Waals surface area contributed by atoms with Crippen LogP contribution in [-0.2, 0) is 11.2 Å². The second-order valence-corrected chi connectivity index (χ2v) is 4.87. The fraction of sp³-hybridized carbons (Fsp3) is 0.312. The first-order valence-corrected chi connectivity index (χ1v) is 7.05. The van der Waals surface area contributed by atoms with Crippen molar-refractivity contribution in [3.05, 3.63) is 58.5 Å². The predicted octanol–water partition coefficient (Wildman–Crippen LogP) is 3.59. The Morgan fingerprint density at radius 1 is 1.14 bits per heavy atom. The minimum Gasteiger partial charge on any atom is -0.356 e. The Balaban J connectivity index is 1.79. The molecule has 0 heterocycles. The van der Waals surface area contributed by atoms with Gasteiger partial charge in [-0.3, -0.25) is 4.79 Å². The number of hydrogen-bond donors (Lipinski definition) is 1. The zero-order chi connectivity index (χ0) is 14.9. The van der Waals surface area contributed by atoms with Crippen LogP contribution in [-0.4, -0.2) is 19.0 Å². The molecule has 0 saturated carbocycles. The molecule has 1 N–H and O–H groups in total. The normalized spacial score (nSPS) is 10.1. The quantitative estimate of drug-likeness (QED) is 0.358. The maximum Gasteiger partial charge on any atom is 0.224 e. The lowest BCUT2D eigenvalue weighted by atomic mass is 10.0. The Morgan fingerprint density at radius 3 is 2.76 bits per heavy atom. The molecule has 1 amide bonds. The Labute approximate surface area is 123 Å². The van der Waals surface area contributed by atoms with E-state index < -0.39 is 0 Å². The van der Waals surface area contributed by atoms with Crippen molar-refractivity contribution in [1.29, 1.82) is 0 Å². The van der Waals surface area contributed by atoms with Gasteiger partial charge in [-0.05, 0) is 34.7 Å². The average Bonchev–Trinajstić information content (AvgIpc) is 2.50. The van der Waals surface area contributed by atoms with Crippen molar-refractivity contribution in [2.75, 3.05) is 13.1 Å². The van der Waals surface area contributed by atoms with Crippen molar-refractivity contribution in [2.24, 2.45) is 5.11 Å². The number of hydrogen-bond acceptors (Lipinski definition) is 2. The van der Waals surface area contributed by atoms with Crippen molar-refractivity contribution >= 4 is 16.7 Å². The van der Waals surface area contributed by atoms with Gasteiger partial charge in [-0.1, -0.05) is 47.6 Å². The molecule has 0 aliphatic heterocycles. The summed E-state index contributed by atoms with van der Waals surface area (Å²) in [6, 6.07) is 14.2. The molecule has 0 aliphatic carbocycles. The van der Waals surface area contributed by atoms with Crippen molar-refractivity contribution in [3.63, 3.8) is 0 Å². The maximum absolute atomic E-state index is 11.8. The van der Waals surface area contributed by atoms with Crippen LogP contribution < -0.4 is 5.32 Å². The summed E-state index contributed by atoms with van der Waals surface area (Å²) in [6.45, 7) is 1.10.